The Morgan fingerprint density at radius 1 is 1.03 bits per heavy atom. The minimum Gasteiger partial charge on any atom is -0.497 e. The van der Waals surface area contributed by atoms with Gasteiger partial charge in [-0.25, -0.2) is 4.68 Å². The number of aromatic nitrogens is 4. The van der Waals surface area contributed by atoms with Gasteiger partial charge in [0.1, 0.15) is 11.4 Å². The molecular formula is C27H28N6O3S. The number of methoxy groups -OCH3 is 1. The highest BCUT2D eigenvalue weighted by Crippen LogP contribution is 2.25. The lowest BCUT2D eigenvalue weighted by Crippen LogP contribution is -2.42. The van der Waals surface area contributed by atoms with E-state index in [1.165, 1.54) is 10.7 Å². The lowest BCUT2D eigenvalue weighted by molar-refractivity contribution is -0.125. The van der Waals surface area contributed by atoms with E-state index in [0.717, 1.165) is 59.3 Å². The van der Waals surface area contributed by atoms with Crippen molar-refractivity contribution in [2.24, 2.45) is 5.92 Å². The van der Waals surface area contributed by atoms with E-state index in [2.05, 4.69) is 25.5 Å². The van der Waals surface area contributed by atoms with Gasteiger partial charge in [-0.05, 0) is 66.8 Å². The number of carbonyl (C=O) groups is 1. The Morgan fingerprint density at radius 3 is 2.49 bits per heavy atom. The van der Waals surface area contributed by atoms with Crippen LogP contribution in [0.4, 0.5) is 5.82 Å². The van der Waals surface area contributed by atoms with Crippen LogP contribution in [-0.4, -0.2) is 52.6 Å². The molecule has 1 aliphatic rings. The molecule has 0 bridgehead atoms. The van der Waals surface area contributed by atoms with Gasteiger partial charge in [0.05, 0.1) is 24.2 Å². The standard InChI is InChI=1S/C27H28N6O3S/c1-36-21-6-4-19(5-7-21)22-8-10-25(30-29-22)32-15-12-20(13-16-32)27(35)28-14-17-33-26(34)11-9-23(31-33)24-3-2-18-37-24/h2-11,18,20H,12-17H2,1H3,(H,28,35). The Hall–Kier alpha value is -4.05. The molecule has 4 aromatic rings. The third kappa shape index (κ3) is 5.86. The molecule has 0 aliphatic carbocycles. The fourth-order valence-corrected chi connectivity index (χ4v) is 5.07. The first-order chi connectivity index (χ1) is 18.1. The summed E-state index contributed by atoms with van der Waals surface area (Å²) in [6.07, 6.45) is 1.47. The molecule has 4 heterocycles. The monoisotopic (exact) mass is 516 g/mol. The number of anilines is 1. The number of thiophene rings is 1. The van der Waals surface area contributed by atoms with E-state index in [-0.39, 0.29) is 17.4 Å². The van der Waals surface area contributed by atoms with Crippen LogP contribution in [0.5, 0.6) is 5.75 Å². The molecule has 9 nitrogen and oxygen atoms in total. The maximum absolute atomic E-state index is 12.7. The number of amides is 1. The molecule has 1 saturated heterocycles. The van der Waals surface area contributed by atoms with E-state index < -0.39 is 0 Å². The first kappa shape index (κ1) is 24.6. The third-order valence-corrected chi connectivity index (χ3v) is 7.38. The van der Waals surface area contributed by atoms with Crippen molar-refractivity contribution in [2.45, 2.75) is 19.4 Å². The maximum atomic E-state index is 12.7. The van der Waals surface area contributed by atoms with Crippen molar-refractivity contribution in [3.05, 3.63) is 76.4 Å². The molecule has 0 spiro atoms. The van der Waals surface area contributed by atoms with Crippen molar-refractivity contribution < 1.29 is 9.53 Å². The first-order valence-corrected chi connectivity index (χ1v) is 13.1. The molecule has 1 fully saturated rings. The molecule has 0 saturated carbocycles. The van der Waals surface area contributed by atoms with Crippen LogP contribution in [-0.2, 0) is 11.3 Å². The van der Waals surface area contributed by atoms with Crippen molar-refractivity contribution >= 4 is 23.1 Å². The van der Waals surface area contributed by atoms with Crippen LogP contribution in [0.3, 0.4) is 0 Å². The minimum atomic E-state index is -0.179. The van der Waals surface area contributed by atoms with E-state index in [1.807, 2.05) is 53.9 Å². The molecule has 1 amide bonds. The summed E-state index contributed by atoms with van der Waals surface area (Å²) in [6, 6.07) is 18.8. The second-order valence-corrected chi connectivity index (χ2v) is 9.76. The third-order valence-electron chi connectivity index (χ3n) is 6.49. The quantitative estimate of drug-likeness (QED) is 0.383. The van der Waals surface area contributed by atoms with Gasteiger partial charge in [-0.3, -0.25) is 9.59 Å². The molecular weight excluding hydrogens is 488 g/mol. The van der Waals surface area contributed by atoms with Crippen LogP contribution in [0.2, 0.25) is 0 Å². The molecule has 10 heteroatoms. The Balaban J connectivity index is 1.10. The molecule has 0 atom stereocenters. The molecule has 1 N–H and O–H groups in total. The molecule has 0 unspecified atom stereocenters. The smallest absolute Gasteiger partial charge is 0.266 e. The normalized spacial score (nSPS) is 13.9. The zero-order valence-electron chi connectivity index (χ0n) is 20.5. The number of hydrogen-bond donors (Lipinski definition) is 1. The fourth-order valence-electron chi connectivity index (χ4n) is 4.37. The average Bonchev–Trinajstić information content (AvgIpc) is 3.49. The summed E-state index contributed by atoms with van der Waals surface area (Å²) in [6.45, 7) is 2.16. The highest BCUT2D eigenvalue weighted by molar-refractivity contribution is 7.13. The maximum Gasteiger partial charge on any atom is 0.266 e. The SMILES string of the molecule is COc1ccc(-c2ccc(N3CCC(C(=O)NCCn4nc(-c5cccs5)ccc4=O)CC3)nn2)cc1. The largest absolute Gasteiger partial charge is 0.497 e. The van der Waals surface area contributed by atoms with Gasteiger partial charge in [0.15, 0.2) is 5.82 Å². The van der Waals surface area contributed by atoms with Gasteiger partial charge in [0.2, 0.25) is 5.91 Å². The van der Waals surface area contributed by atoms with E-state index >= 15 is 0 Å². The molecule has 5 rings (SSSR count). The second-order valence-electron chi connectivity index (χ2n) is 8.81. The van der Waals surface area contributed by atoms with Crippen molar-refractivity contribution in [2.75, 3.05) is 31.6 Å². The van der Waals surface area contributed by atoms with Crippen molar-refractivity contribution in [3.8, 4) is 27.6 Å². The summed E-state index contributed by atoms with van der Waals surface area (Å²) in [5, 5.41) is 18.2. The topological polar surface area (TPSA) is 102 Å². The summed E-state index contributed by atoms with van der Waals surface area (Å²) >= 11 is 1.57. The zero-order valence-corrected chi connectivity index (χ0v) is 21.4. The van der Waals surface area contributed by atoms with Crippen LogP contribution in [0.15, 0.2) is 70.8 Å². The molecule has 37 heavy (non-hydrogen) atoms. The molecule has 1 aromatic carbocycles. The van der Waals surface area contributed by atoms with E-state index in [0.29, 0.717) is 13.1 Å². The number of nitrogens with one attached hydrogen (secondary N) is 1. The molecule has 1 aliphatic heterocycles. The Bertz CT molecular complexity index is 1380. The molecule has 3 aromatic heterocycles. The summed E-state index contributed by atoms with van der Waals surface area (Å²) in [4.78, 5) is 28.1. The van der Waals surface area contributed by atoms with Gasteiger partial charge in [-0.2, -0.15) is 5.10 Å². The lowest BCUT2D eigenvalue weighted by Gasteiger charge is -2.31. The van der Waals surface area contributed by atoms with Gasteiger partial charge in [0, 0.05) is 37.2 Å². The summed E-state index contributed by atoms with van der Waals surface area (Å²) in [5.74, 6) is 1.56. The van der Waals surface area contributed by atoms with Crippen LogP contribution < -0.4 is 20.5 Å². The molecule has 0 radical (unpaired) electrons. The Kier molecular flexibility index (Phi) is 7.55. The van der Waals surface area contributed by atoms with Crippen molar-refractivity contribution in [1.29, 1.82) is 0 Å². The molecule has 190 valence electrons. The number of carbonyl (C=O) groups excluding carboxylic acids is 1. The highest BCUT2D eigenvalue weighted by atomic mass is 32.1. The number of nitrogens with zero attached hydrogens (tertiary/aromatic N) is 5. The predicted octanol–water partition coefficient (Wildman–Crippen LogP) is 3.47. The van der Waals surface area contributed by atoms with E-state index in [4.69, 9.17) is 4.74 Å². The Labute approximate surface area is 218 Å². The summed E-state index contributed by atoms with van der Waals surface area (Å²) in [7, 11) is 1.64. The van der Waals surface area contributed by atoms with Gasteiger partial charge in [0.25, 0.3) is 5.56 Å². The van der Waals surface area contributed by atoms with Crippen LogP contribution in [0.1, 0.15) is 12.8 Å². The second kappa shape index (κ2) is 11.3. The van der Waals surface area contributed by atoms with Gasteiger partial charge in [-0.15, -0.1) is 21.5 Å². The fraction of sp³-hybridized carbons (Fsp3) is 0.296. The van der Waals surface area contributed by atoms with E-state index in [9.17, 15) is 9.59 Å². The van der Waals surface area contributed by atoms with E-state index in [1.54, 1.807) is 24.5 Å². The van der Waals surface area contributed by atoms with Crippen LogP contribution >= 0.6 is 11.3 Å². The number of benzene rings is 1. The van der Waals surface area contributed by atoms with Crippen LogP contribution in [0.25, 0.3) is 21.8 Å². The van der Waals surface area contributed by atoms with Crippen molar-refractivity contribution in [3.63, 3.8) is 0 Å². The average molecular weight is 517 g/mol. The number of rotatable bonds is 8. The summed E-state index contributed by atoms with van der Waals surface area (Å²) in [5.41, 5.74) is 2.36. The number of ether oxygens (including phenoxy) is 1. The van der Waals surface area contributed by atoms with Gasteiger partial charge in [-0.1, -0.05) is 6.07 Å². The van der Waals surface area contributed by atoms with Gasteiger partial charge < -0.3 is 15.0 Å². The summed E-state index contributed by atoms with van der Waals surface area (Å²) < 4.78 is 6.61. The predicted molar refractivity (Wildman–Crippen MR) is 144 cm³/mol. The lowest BCUT2D eigenvalue weighted by atomic mass is 9.96. The van der Waals surface area contributed by atoms with Gasteiger partial charge >= 0.3 is 0 Å². The Morgan fingerprint density at radius 2 is 1.81 bits per heavy atom. The highest BCUT2D eigenvalue weighted by Gasteiger charge is 2.25. The van der Waals surface area contributed by atoms with Crippen LogP contribution in [0, 0.1) is 5.92 Å². The zero-order chi connectivity index (χ0) is 25.6. The number of piperidine rings is 1. The van der Waals surface area contributed by atoms with Crippen molar-refractivity contribution in [1.82, 2.24) is 25.3 Å². The first-order valence-electron chi connectivity index (χ1n) is 12.2. The minimum absolute atomic E-state index is 0.0167. The number of hydrogen-bond acceptors (Lipinski definition) is 8.